The quantitative estimate of drug-likeness (QED) is 0.412. The number of amides is 1. The first kappa shape index (κ1) is 22.2. The number of aliphatic imine (C=N–C) groups is 1. The minimum absolute atomic E-state index is 0.128. The molecule has 2 heterocycles. The summed E-state index contributed by atoms with van der Waals surface area (Å²) in [5, 5.41) is 10.5. The predicted molar refractivity (Wildman–Crippen MR) is 128 cm³/mol. The summed E-state index contributed by atoms with van der Waals surface area (Å²) in [5.74, 6) is -0.225. The maximum Gasteiger partial charge on any atom is 0.335 e. The third kappa shape index (κ3) is 4.46. The zero-order valence-electron chi connectivity index (χ0n) is 16.7. The van der Waals surface area contributed by atoms with E-state index < -0.39 is 5.97 Å². The Kier molecular flexibility index (Phi) is 6.41. The summed E-state index contributed by atoms with van der Waals surface area (Å²) in [6.07, 6.45) is 1.65. The van der Waals surface area contributed by atoms with Crippen molar-refractivity contribution in [1.29, 1.82) is 0 Å². The van der Waals surface area contributed by atoms with Crippen LogP contribution in [0.1, 0.15) is 23.0 Å². The Morgan fingerprint density at radius 1 is 1.19 bits per heavy atom. The normalized spacial score (nSPS) is 16.3. The number of rotatable bonds is 5. The first-order valence-corrected chi connectivity index (χ1v) is 11.1. The van der Waals surface area contributed by atoms with E-state index in [-0.39, 0.29) is 11.5 Å². The minimum atomic E-state index is -1.04. The van der Waals surface area contributed by atoms with Gasteiger partial charge in [0, 0.05) is 18.2 Å². The molecule has 4 rings (SSSR count). The fourth-order valence-corrected chi connectivity index (χ4v) is 4.52. The van der Waals surface area contributed by atoms with Crippen LogP contribution in [0.25, 0.3) is 17.4 Å². The van der Waals surface area contributed by atoms with Crippen molar-refractivity contribution in [2.75, 3.05) is 6.54 Å². The van der Waals surface area contributed by atoms with Gasteiger partial charge < -0.3 is 9.52 Å². The lowest BCUT2D eigenvalue weighted by Gasteiger charge is -2.12. The molecular formula is C23H16Cl2N2O4S. The Bertz CT molecular complexity index is 1280. The van der Waals surface area contributed by atoms with E-state index in [1.54, 1.807) is 48.5 Å². The summed E-state index contributed by atoms with van der Waals surface area (Å²) in [6, 6.07) is 15.0. The maximum absolute atomic E-state index is 12.9. The number of thioether (sulfide) groups is 1. The number of carboxylic acids is 1. The summed E-state index contributed by atoms with van der Waals surface area (Å²) < 4.78 is 5.87. The second-order valence-corrected chi connectivity index (χ2v) is 8.51. The molecule has 6 nitrogen and oxygen atoms in total. The molecule has 9 heteroatoms. The van der Waals surface area contributed by atoms with Crippen LogP contribution in [0.2, 0.25) is 10.0 Å². The number of amidine groups is 1. The van der Waals surface area contributed by atoms with Crippen molar-refractivity contribution in [2.45, 2.75) is 6.92 Å². The Hall–Kier alpha value is -3.00. The van der Waals surface area contributed by atoms with Gasteiger partial charge in [0.15, 0.2) is 5.17 Å². The van der Waals surface area contributed by atoms with Crippen LogP contribution in [0, 0.1) is 0 Å². The van der Waals surface area contributed by atoms with Gasteiger partial charge in [0.1, 0.15) is 11.5 Å². The molecular weight excluding hydrogens is 471 g/mol. The summed E-state index contributed by atoms with van der Waals surface area (Å²) in [4.78, 5) is 30.5. The number of carbonyl (C=O) groups is 2. The Balaban J connectivity index is 1.63. The number of carboxylic acid groups (broad SMARTS) is 1. The van der Waals surface area contributed by atoms with Gasteiger partial charge in [-0.25, -0.2) is 9.79 Å². The lowest BCUT2D eigenvalue weighted by atomic mass is 10.2. The fourth-order valence-electron chi connectivity index (χ4n) is 3.09. The standard InChI is InChI=1S/C23H16Cl2N2O4S/c1-2-27-21(28)19(32-23(27)26-14-6-3-5-13(11-14)22(29)30)12-15-9-10-18(31-15)16-7-4-8-17(24)20(16)25/h3-12H,2H2,1H3,(H,29,30)/b19-12-,26-23?. The molecule has 1 N–H and O–H groups in total. The molecule has 0 spiro atoms. The average molecular weight is 487 g/mol. The molecule has 1 fully saturated rings. The lowest BCUT2D eigenvalue weighted by Crippen LogP contribution is -2.28. The Morgan fingerprint density at radius 3 is 2.72 bits per heavy atom. The highest BCUT2D eigenvalue weighted by Crippen LogP contribution is 2.37. The molecule has 2 aromatic carbocycles. The van der Waals surface area contributed by atoms with Crippen molar-refractivity contribution in [2.24, 2.45) is 4.99 Å². The van der Waals surface area contributed by atoms with E-state index in [0.29, 0.717) is 49.4 Å². The number of aromatic carboxylic acids is 1. The first-order valence-electron chi connectivity index (χ1n) is 9.55. The number of hydrogen-bond donors (Lipinski definition) is 1. The monoisotopic (exact) mass is 486 g/mol. The van der Waals surface area contributed by atoms with Crippen molar-refractivity contribution in [3.8, 4) is 11.3 Å². The molecule has 1 aliphatic heterocycles. The summed E-state index contributed by atoms with van der Waals surface area (Å²) in [7, 11) is 0. The predicted octanol–water partition coefficient (Wildman–Crippen LogP) is 6.58. The zero-order chi connectivity index (χ0) is 22.8. The molecule has 1 aliphatic rings. The van der Waals surface area contributed by atoms with E-state index in [0.717, 1.165) is 0 Å². The smallest absolute Gasteiger partial charge is 0.335 e. The van der Waals surface area contributed by atoms with Gasteiger partial charge in [0.2, 0.25) is 0 Å². The van der Waals surface area contributed by atoms with Gasteiger partial charge in [-0.05, 0) is 61.2 Å². The molecule has 0 saturated carbocycles. The number of benzene rings is 2. The summed E-state index contributed by atoms with van der Waals surface area (Å²) in [6.45, 7) is 2.26. The van der Waals surface area contributed by atoms with Crippen LogP contribution in [0.5, 0.6) is 0 Å². The van der Waals surface area contributed by atoms with E-state index in [1.165, 1.54) is 28.8 Å². The molecule has 162 valence electrons. The maximum atomic E-state index is 12.9. The van der Waals surface area contributed by atoms with Crippen LogP contribution in [-0.4, -0.2) is 33.6 Å². The lowest BCUT2D eigenvalue weighted by molar-refractivity contribution is -0.122. The van der Waals surface area contributed by atoms with Crippen LogP contribution < -0.4 is 0 Å². The fraction of sp³-hybridized carbons (Fsp3) is 0.0870. The zero-order valence-corrected chi connectivity index (χ0v) is 19.0. The second kappa shape index (κ2) is 9.24. The third-order valence-corrected chi connectivity index (χ3v) is 6.46. The van der Waals surface area contributed by atoms with Gasteiger partial charge in [-0.15, -0.1) is 0 Å². The number of halogens is 2. The molecule has 0 radical (unpaired) electrons. The van der Waals surface area contributed by atoms with Crippen LogP contribution >= 0.6 is 35.0 Å². The molecule has 1 saturated heterocycles. The molecule has 0 atom stereocenters. The molecule has 0 bridgehead atoms. The van der Waals surface area contributed by atoms with Crippen molar-refractivity contribution < 1.29 is 19.1 Å². The average Bonchev–Trinajstić information content (AvgIpc) is 3.35. The van der Waals surface area contributed by atoms with Gasteiger partial charge >= 0.3 is 5.97 Å². The van der Waals surface area contributed by atoms with E-state index in [9.17, 15) is 14.7 Å². The highest BCUT2D eigenvalue weighted by atomic mass is 35.5. The highest BCUT2D eigenvalue weighted by Gasteiger charge is 2.32. The van der Waals surface area contributed by atoms with Crippen molar-refractivity contribution >= 4 is 63.8 Å². The molecule has 0 aliphatic carbocycles. The van der Waals surface area contributed by atoms with Crippen LogP contribution in [0.4, 0.5) is 5.69 Å². The molecule has 32 heavy (non-hydrogen) atoms. The van der Waals surface area contributed by atoms with Crippen molar-refractivity contribution in [1.82, 2.24) is 4.90 Å². The van der Waals surface area contributed by atoms with Gasteiger partial charge in [0.25, 0.3) is 5.91 Å². The van der Waals surface area contributed by atoms with Gasteiger partial charge in [-0.2, -0.15) is 0 Å². The van der Waals surface area contributed by atoms with Crippen LogP contribution in [0.3, 0.4) is 0 Å². The number of nitrogens with zero attached hydrogens (tertiary/aromatic N) is 2. The van der Waals surface area contributed by atoms with Crippen molar-refractivity contribution in [3.05, 3.63) is 80.9 Å². The van der Waals surface area contributed by atoms with Gasteiger partial charge in [-0.1, -0.05) is 35.3 Å². The minimum Gasteiger partial charge on any atom is -0.478 e. The third-order valence-electron chi connectivity index (χ3n) is 4.64. The van der Waals surface area contributed by atoms with Crippen LogP contribution in [0.15, 0.2) is 68.9 Å². The van der Waals surface area contributed by atoms with E-state index in [4.69, 9.17) is 27.6 Å². The first-order chi connectivity index (χ1) is 15.4. The topological polar surface area (TPSA) is 83.1 Å². The Labute approximate surface area is 198 Å². The number of hydrogen-bond acceptors (Lipinski definition) is 5. The SMILES string of the molecule is CCN1C(=O)/C(=C/c2ccc(-c3cccc(Cl)c3Cl)o2)SC1=Nc1cccc(C(=O)O)c1. The molecule has 3 aromatic rings. The number of furan rings is 1. The number of carbonyl (C=O) groups excluding carboxylic acids is 1. The largest absolute Gasteiger partial charge is 0.478 e. The Morgan fingerprint density at radius 2 is 1.97 bits per heavy atom. The summed E-state index contributed by atoms with van der Waals surface area (Å²) in [5.41, 5.74) is 1.24. The second-order valence-electron chi connectivity index (χ2n) is 6.71. The summed E-state index contributed by atoms with van der Waals surface area (Å²) >= 11 is 13.6. The molecule has 1 amide bonds. The molecule has 1 aromatic heterocycles. The molecule has 0 unspecified atom stereocenters. The van der Waals surface area contributed by atoms with E-state index >= 15 is 0 Å². The van der Waals surface area contributed by atoms with Gasteiger partial charge in [0.05, 0.1) is 26.2 Å². The van der Waals surface area contributed by atoms with E-state index in [1.807, 2.05) is 6.92 Å². The van der Waals surface area contributed by atoms with Crippen LogP contribution in [-0.2, 0) is 4.79 Å². The van der Waals surface area contributed by atoms with Crippen molar-refractivity contribution in [3.63, 3.8) is 0 Å². The van der Waals surface area contributed by atoms with E-state index in [2.05, 4.69) is 4.99 Å². The number of likely N-dealkylation sites (N-methyl/N-ethyl adjacent to an activating group) is 1. The van der Waals surface area contributed by atoms with Gasteiger partial charge in [-0.3, -0.25) is 9.69 Å². The highest BCUT2D eigenvalue weighted by molar-refractivity contribution is 8.18.